The number of halogens is 3. The smallest absolute Gasteiger partial charge is 0.328 e. The lowest BCUT2D eigenvalue weighted by molar-refractivity contribution is -0.130. The molecular weight excluding hydrogens is 169 g/mol. The normalized spacial score (nSPS) is 21.8. The van der Waals surface area contributed by atoms with Crippen molar-refractivity contribution in [2.45, 2.75) is 12.6 Å². The van der Waals surface area contributed by atoms with Gasteiger partial charge in [0.2, 0.25) is 0 Å². The second-order valence-electron chi connectivity index (χ2n) is 2.11. The van der Waals surface area contributed by atoms with Gasteiger partial charge in [-0.05, 0) is 0 Å². The fourth-order valence-electron chi connectivity index (χ4n) is 0.314. The van der Waals surface area contributed by atoms with E-state index < -0.39 is 28.9 Å². The molecule has 0 spiro atoms. The predicted molar refractivity (Wildman–Crippen MR) is 35.3 cm³/mol. The number of hydrogen-bond acceptors (Lipinski definition) is 1. The summed E-state index contributed by atoms with van der Waals surface area (Å²) in [4.78, 5) is 0. The summed E-state index contributed by atoms with van der Waals surface area (Å²) < 4.78 is 49.6. The summed E-state index contributed by atoms with van der Waals surface area (Å²) in [5, 5.41) is 0. The minimum absolute atomic E-state index is 0.490. The second kappa shape index (κ2) is 2.98. The van der Waals surface area contributed by atoms with Gasteiger partial charge in [-0.3, -0.25) is 4.55 Å². The summed E-state index contributed by atoms with van der Waals surface area (Å²) in [7, 11) is -2.73. The third-order valence-corrected chi connectivity index (χ3v) is 1.78. The Hall–Kier alpha value is 0.0600. The zero-order chi connectivity index (χ0) is 8.41. The van der Waals surface area contributed by atoms with E-state index in [1.165, 1.54) is 0 Å². The molecular formula is C4H10F3O2S+. The third-order valence-electron chi connectivity index (χ3n) is 0.783. The van der Waals surface area contributed by atoms with Crippen molar-refractivity contribution in [2.24, 2.45) is 0 Å². The van der Waals surface area contributed by atoms with Crippen molar-refractivity contribution in [2.75, 3.05) is 12.0 Å². The van der Waals surface area contributed by atoms with E-state index in [4.69, 9.17) is 9.11 Å². The predicted octanol–water partition coefficient (Wildman–Crippen LogP) is 1.49. The topological polar surface area (TPSA) is 43.1 Å². The van der Waals surface area contributed by atoms with Crippen LogP contribution in [0.2, 0.25) is 0 Å². The van der Waals surface area contributed by atoms with Crippen LogP contribution in [0, 0.1) is 0 Å². The van der Waals surface area contributed by atoms with Crippen LogP contribution in [-0.2, 0) is 0 Å². The lowest BCUT2D eigenvalue weighted by Gasteiger charge is -2.22. The largest absolute Gasteiger partial charge is 0.390 e. The highest BCUT2D eigenvalue weighted by Gasteiger charge is 2.29. The molecule has 6 heteroatoms. The van der Waals surface area contributed by atoms with E-state index in [9.17, 15) is 13.2 Å². The van der Waals surface area contributed by atoms with Crippen molar-refractivity contribution in [3.05, 3.63) is 0 Å². The lowest BCUT2D eigenvalue weighted by Crippen LogP contribution is -2.13. The molecule has 1 unspecified atom stereocenters. The number of alkyl halides is 3. The van der Waals surface area contributed by atoms with Crippen molar-refractivity contribution in [1.29, 1.82) is 0 Å². The van der Waals surface area contributed by atoms with Crippen molar-refractivity contribution in [3.8, 4) is 0 Å². The zero-order valence-corrected chi connectivity index (χ0v) is 6.22. The first-order chi connectivity index (χ1) is 4.21. The maximum atomic E-state index is 11.4. The van der Waals surface area contributed by atoms with Gasteiger partial charge >= 0.3 is 6.18 Å². The Labute approximate surface area is 58.4 Å². The average molecular weight is 179 g/mol. The highest BCUT2D eigenvalue weighted by atomic mass is 32.3. The van der Waals surface area contributed by atoms with Crippen LogP contribution < -0.4 is 0 Å². The number of rotatable bonds is 2. The van der Waals surface area contributed by atoms with Gasteiger partial charge in [-0.15, -0.1) is 10.6 Å². The van der Waals surface area contributed by atoms with E-state index >= 15 is 0 Å². The fourth-order valence-corrected chi connectivity index (χ4v) is 0.943. The molecule has 10 heavy (non-hydrogen) atoms. The van der Waals surface area contributed by atoms with E-state index in [1.807, 2.05) is 0 Å². The Bertz CT molecular complexity index is 92.1. The van der Waals surface area contributed by atoms with Gasteiger partial charge in [-0.25, -0.2) is 0 Å². The second-order valence-corrected chi connectivity index (χ2v) is 4.60. The molecule has 0 aliphatic heterocycles. The van der Waals surface area contributed by atoms with Crippen molar-refractivity contribution < 1.29 is 22.3 Å². The maximum Gasteiger partial charge on any atom is 0.390 e. The van der Waals surface area contributed by atoms with E-state index in [1.54, 1.807) is 0 Å². The van der Waals surface area contributed by atoms with E-state index in [-0.39, 0.29) is 0 Å². The van der Waals surface area contributed by atoms with Crippen LogP contribution in [0.15, 0.2) is 0 Å². The van der Waals surface area contributed by atoms with Gasteiger partial charge in [0.05, 0.1) is 18.4 Å². The van der Waals surface area contributed by atoms with Crippen LogP contribution in [0.5, 0.6) is 0 Å². The first-order valence-corrected chi connectivity index (χ1v) is 4.67. The van der Waals surface area contributed by atoms with Gasteiger partial charge < -0.3 is 4.55 Å². The molecule has 0 aromatic heterocycles. The van der Waals surface area contributed by atoms with Crippen LogP contribution in [-0.4, -0.2) is 27.3 Å². The van der Waals surface area contributed by atoms with Crippen LogP contribution in [0.3, 0.4) is 0 Å². The molecule has 0 aliphatic rings. The van der Waals surface area contributed by atoms with Crippen molar-refractivity contribution in [3.63, 3.8) is 0 Å². The van der Waals surface area contributed by atoms with Gasteiger partial charge in [0.25, 0.3) is 0 Å². The lowest BCUT2D eigenvalue weighted by atomic mass is 10.5. The highest BCUT2D eigenvalue weighted by molar-refractivity contribution is 8.23. The van der Waals surface area contributed by atoms with Crippen LogP contribution in [0.4, 0.5) is 13.2 Å². The molecule has 0 radical (unpaired) electrons. The maximum absolute atomic E-state index is 11.4. The molecule has 0 aliphatic carbocycles. The summed E-state index contributed by atoms with van der Waals surface area (Å²) in [6, 6.07) is 0. The molecule has 64 valence electrons. The Morgan fingerprint density at radius 2 is 1.90 bits per heavy atom. The molecule has 0 aromatic carbocycles. The average Bonchev–Trinajstić information content (AvgIpc) is 1.57. The quantitative estimate of drug-likeness (QED) is 0.641. The summed E-state index contributed by atoms with van der Waals surface area (Å²) in [5.74, 6) is -0.490. The van der Waals surface area contributed by atoms with Gasteiger partial charge in [0, 0.05) is 0 Å². The van der Waals surface area contributed by atoms with E-state index in [2.05, 4.69) is 0 Å². The Kier molecular flexibility index (Phi) is 3.00. The molecule has 0 saturated heterocycles. The molecule has 0 saturated carbocycles. The first-order valence-electron chi connectivity index (χ1n) is 2.50. The van der Waals surface area contributed by atoms with E-state index in [0.717, 1.165) is 6.26 Å². The van der Waals surface area contributed by atoms with Gasteiger partial charge in [0.15, 0.2) is 0 Å². The molecule has 0 bridgehead atoms. The molecule has 0 fully saturated rings. The molecule has 0 rings (SSSR count). The van der Waals surface area contributed by atoms with Crippen molar-refractivity contribution in [1.82, 2.24) is 0 Å². The van der Waals surface area contributed by atoms with Crippen LogP contribution >= 0.6 is 10.6 Å². The number of hydrogen-bond donors (Lipinski definition) is 1. The first kappa shape index (κ1) is 10.1. The molecule has 2 nitrogen and oxygen atoms in total. The Morgan fingerprint density at radius 3 is 2.00 bits per heavy atom. The van der Waals surface area contributed by atoms with Crippen LogP contribution in [0.25, 0.3) is 0 Å². The van der Waals surface area contributed by atoms with Gasteiger partial charge in [0.1, 0.15) is 0 Å². The third kappa shape index (κ3) is 8.06. The van der Waals surface area contributed by atoms with Crippen molar-refractivity contribution >= 4 is 10.6 Å². The molecule has 0 aromatic rings. The minimum Gasteiger partial charge on any atom is -0.328 e. The molecule has 0 heterocycles. The summed E-state index contributed by atoms with van der Waals surface area (Å²) in [6.07, 6.45) is -4.21. The standard InChI is InChI=1S/C4H9F3O2S/c1-10(8,9)3-2-4(5,6)7/h8-9H,2-3H2,1H3/p+1. The summed E-state index contributed by atoms with van der Waals surface area (Å²) in [6.45, 7) is 0. The Balaban J connectivity index is 3.56. The summed E-state index contributed by atoms with van der Waals surface area (Å²) >= 11 is 0. The molecule has 1 atom stereocenters. The monoisotopic (exact) mass is 179 g/mol. The zero-order valence-electron chi connectivity index (χ0n) is 5.40. The van der Waals surface area contributed by atoms with Crippen LogP contribution in [0.1, 0.15) is 6.42 Å². The summed E-state index contributed by atoms with van der Waals surface area (Å²) in [5.41, 5.74) is 0. The molecule has 3 N–H and O–H groups in total. The van der Waals surface area contributed by atoms with Gasteiger partial charge in [-0.2, -0.15) is 13.2 Å². The fraction of sp³-hybridized carbons (Fsp3) is 1.00. The molecule has 0 amide bonds. The minimum atomic E-state index is -4.25. The van der Waals surface area contributed by atoms with E-state index in [0.29, 0.717) is 0 Å². The SMILES string of the molecule is CS(O)([OH2+])CCC(F)(F)F. The highest BCUT2D eigenvalue weighted by Crippen LogP contribution is 2.37. The van der Waals surface area contributed by atoms with Gasteiger partial charge in [-0.1, -0.05) is 0 Å². The Morgan fingerprint density at radius 1 is 1.50 bits per heavy atom.